The average Bonchev–Trinajstić information content (AvgIpc) is 2.81. The molecule has 0 aliphatic heterocycles. The highest BCUT2D eigenvalue weighted by Crippen LogP contribution is 2.19. The molecule has 0 aliphatic carbocycles. The van der Waals surface area contributed by atoms with Gasteiger partial charge in [-0.3, -0.25) is 9.59 Å². The van der Waals surface area contributed by atoms with Gasteiger partial charge < -0.3 is 19.7 Å². The summed E-state index contributed by atoms with van der Waals surface area (Å²) < 4.78 is 11.0. The van der Waals surface area contributed by atoms with Gasteiger partial charge in [0.15, 0.2) is 6.61 Å². The number of hydrogen-bond donors (Lipinski definition) is 1. The fourth-order valence-electron chi connectivity index (χ4n) is 3.26. The van der Waals surface area contributed by atoms with E-state index < -0.39 is 6.04 Å². The standard InChI is InChI=1S/C26H36N2O4/c1-6-7-15-27-26(30)20(4)28(17-21-9-8-10-24(16-21)31-5)25(29)18-32-23-13-11-22(12-14-23)19(2)3/h8-14,16,19-20H,6-7,15,17-18H2,1-5H3,(H,27,30)/t20-/m1/s1. The molecule has 1 atom stereocenters. The van der Waals surface area contributed by atoms with Crippen LogP contribution in [-0.4, -0.2) is 43.0 Å². The van der Waals surface area contributed by atoms with Gasteiger partial charge in [-0.1, -0.05) is 51.5 Å². The zero-order valence-electron chi connectivity index (χ0n) is 19.9. The highest BCUT2D eigenvalue weighted by Gasteiger charge is 2.26. The van der Waals surface area contributed by atoms with E-state index in [1.807, 2.05) is 48.5 Å². The van der Waals surface area contributed by atoms with Gasteiger partial charge >= 0.3 is 0 Å². The topological polar surface area (TPSA) is 67.9 Å². The minimum atomic E-state index is -0.627. The number of ether oxygens (including phenoxy) is 2. The number of nitrogens with zero attached hydrogens (tertiary/aromatic N) is 1. The Balaban J connectivity index is 2.12. The van der Waals surface area contributed by atoms with Crippen LogP contribution in [0.15, 0.2) is 48.5 Å². The lowest BCUT2D eigenvalue weighted by Crippen LogP contribution is -2.49. The molecule has 0 saturated heterocycles. The molecule has 6 heteroatoms. The molecule has 174 valence electrons. The molecular formula is C26H36N2O4. The van der Waals surface area contributed by atoms with Gasteiger partial charge in [0.1, 0.15) is 17.5 Å². The number of hydrogen-bond acceptors (Lipinski definition) is 4. The van der Waals surface area contributed by atoms with Crippen LogP contribution in [0.3, 0.4) is 0 Å². The molecule has 1 N–H and O–H groups in total. The molecule has 0 bridgehead atoms. The van der Waals surface area contributed by atoms with Crippen molar-refractivity contribution in [1.82, 2.24) is 10.2 Å². The Morgan fingerprint density at radius 3 is 2.38 bits per heavy atom. The first-order chi connectivity index (χ1) is 15.3. The third kappa shape index (κ3) is 7.59. The lowest BCUT2D eigenvalue weighted by Gasteiger charge is -2.29. The monoisotopic (exact) mass is 440 g/mol. The predicted octanol–water partition coefficient (Wildman–Crippen LogP) is 4.53. The zero-order chi connectivity index (χ0) is 23.5. The normalized spacial score (nSPS) is 11.7. The number of carbonyl (C=O) groups excluding carboxylic acids is 2. The van der Waals surface area contributed by atoms with Crippen molar-refractivity contribution in [2.75, 3.05) is 20.3 Å². The van der Waals surface area contributed by atoms with Gasteiger partial charge in [0.05, 0.1) is 7.11 Å². The van der Waals surface area contributed by atoms with Crippen molar-refractivity contribution in [2.24, 2.45) is 0 Å². The molecule has 0 radical (unpaired) electrons. The first kappa shape index (κ1) is 25.2. The Hall–Kier alpha value is -3.02. The molecule has 32 heavy (non-hydrogen) atoms. The number of nitrogens with one attached hydrogen (secondary N) is 1. The zero-order valence-corrected chi connectivity index (χ0v) is 19.9. The summed E-state index contributed by atoms with van der Waals surface area (Å²) in [4.78, 5) is 27.4. The van der Waals surface area contributed by atoms with Gasteiger partial charge in [-0.2, -0.15) is 0 Å². The molecule has 6 nitrogen and oxygen atoms in total. The van der Waals surface area contributed by atoms with E-state index in [0.29, 0.717) is 24.0 Å². The van der Waals surface area contributed by atoms with E-state index in [2.05, 4.69) is 26.1 Å². The second kappa shape index (κ2) is 12.7. The fourth-order valence-corrected chi connectivity index (χ4v) is 3.26. The second-order valence-electron chi connectivity index (χ2n) is 8.21. The maximum Gasteiger partial charge on any atom is 0.261 e. The van der Waals surface area contributed by atoms with Crippen molar-refractivity contribution in [1.29, 1.82) is 0 Å². The van der Waals surface area contributed by atoms with Crippen LogP contribution in [0.4, 0.5) is 0 Å². The number of methoxy groups -OCH3 is 1. The Bertz CT molecular complexity index is 864. The van der Waals surface area contributed by atoms with Crippen LogP contribution >= 0.6 is 0 Å². The molecule has 2 amide bonds. The highest BCUT2D eigenvalue weighted by atomic mass is 16.5. The van der Waals surface area contributed by atoms with Crippen molar-refractivity contribution < 1.29 is 19.1 Å². The Morgan fingerprint density at radius 1 is 1.03 bits per heavy atom. The third-order valence-corrected chi connectivity index (χ3v) is 5.39. The first-order valence-corrected chi connectivity index (χ1v) is 11.3. The SMILES string of the molecule is CCCCNC(=O)[C@@H](C)N(Cc1cccc(OC)c1)C(=O)COc1ccc(C(C)C)cc1. The molecule has 0 spiro atoms. The van der Waals surface area contributed by atoms with E-state index in [0.717, 1.165) is 18.4 Å². The number of rotatable bonds is 12. The first-order valence-electron chi connectivity index (χ1n) is 11.3. The fraction of sp³-hybridized carbons (Fsp3) is 0.462. The van der Waals surface area contributed by atoms with Crippen molar-refractivity contribution in [3.05, 3.63) is 59.7 Å². The van der Waals surface area contributed by atoms with Gasteiger partial charge in [0.2, 0.25) is 5.91 Å². The maximum atomic E-state index is 13.1. The minimum Gasteiger partial charge on any atom is -0.497 e. The largest absolute Gasteiger partial charge is 0.497 e. The summed E-state index contributed by atoms with van der Waals surface area (Å²) in [5.41, 5.74) is 2.09. The maximum absolute atomic E-state index is 13.1. The van der Waals surface area contributed by atoms with Crippen LogP contribution in [0.5, 0.6) is 11.5 Å². The molecule has 0 fully saturated rings. The average molecular weight is 441 g/mol. The van der Waals surface area contributed by atoms with Crippen LogP contribution in [0, 0.1) is 0 Å². The molecule has 2 aromatic carbocycles. The van der Waals surface area contributed by atoms with Gasteiger partial charge in [0, 0.05) is 13.1 Å². The van der Waals surface area contributed by atoms with E-state index in [1.165, 1.54) is 5.56 Å². The smallest absolute Gasteiger partial charge is 0.261 e. The van der Waals surface area contributed by atoms with Crippen LogP contribution < -0.4 is 14.8 Å². The van der Waals surface area contributed by atoms with Gasteiger partial charge in [0.25, 0.3) is 5.91 Å². The lowest BCUT2D eigenvalue weighted by molar-refractivity contribution is -0.142. The molecular weight excluding hydrogens is 404 g/mol. The van der Waals surface area contributed by atoms with E-state index in [9.17, 15) is 9.59 Å². The van der Waals surface area contributed by atoms with E-state index in [1.54, 1.807) is 18.9 Å². The third-order valence-electron chi connectivity index (χ3n) is 5.39. The van der Waals surface area contributed by atoms with Crippen molar-refractivity contribution in [2.45, 2.75) is 59.0 Å². The number of amides is 2. The van der Waals surface area contributed by atoms with E-state index in [-0.39, 0.29) is 25.0 Å². The molecule has 2 aromatic rings. The lowest BCUT2D eigenvalue weighted by atomic mass is 10.0. The highest BCUT2D eigenvalue weighted by molar-refractivity contribution is 5.87. The molecule has 0 unspecified atom stereocenters. The van der Waals surface area contributed by atoms with Gasteiger partial charge in [-0.05, 0) is 54.7 Å². The van der Waals surface area contributed by atoms with Crippen molar-refractivity contribution >= 4 is 11.8 Å². The summed E-state index contributed by atoms with van der Waals surface area (Å²) in [5.74, 6) is 1.34. The Labute approximate surface area is 191 Å². The van der Waals surface area contributed by atoms with Gasteiger partial charge in [-0.15, -0.1) is 0 Å². The number of unbranched alkanes of at least 4 members (excludes halogenated alkanes) is 1. The van der Waals surface area contributed by atoms with E-state index >= 15 is 0 Å². The summed E-state index contributed by atoms with van der Waals surface area (Å²) in [5, 5.41) is 2.92. The summed E-state index contributed by atoms with van der Waals surface area (Å²) in [6.45, 7) is 8.81. The predicted molar refractivity (Wildman–Crippen MR) is 127 cm³/mol. The summed E-state index contributed by atoms with van der Waals surface area (Å²) in [6, 6.07) is 14.6. The van der Waals surface area contributed by atoms with Crippen LogP contribution in [0.2, 0.25) is 0 Å². The van der Waals surface area contributed by atoms with Crippen LogP contribution in [0.25, 0.3) is 0 Å². The summed E-state index contributed by atoms with van der Waals surface area (Å²) >= 11 is 0. The second-order valence-corrected chi connectivity index (χ2v) is 8.21. The van der Waals surface area contributed by atoms with E-state index in [4.69, 9.17) is 9.47 Å². The number of carbonyl (C=O) groups is 2. The summed E-state index contributed by atoms with van der Waals surface area (Å²) in [6.07, 6.45) is 1.89. The quantitative estimate of drug-likeness (QED) is 0.493. The molecule has 0 heterocycles. The minimum absolute atomic E-state index is 0.141. The van der Waals surface area contributed by atoms with Crippen molar-refractivity contribution in [3.8, 4) is 11.5 Å². The molecule has 0 aliphatic rings. The van der Waals surface area contributed by atoms with Crippen LogP contribution in [0.1, 0.15) is 57.6 Å². The Kier molecular flexibility index (Phi) is 10.1. The summed E-state index contributed by atoms with van der Waals surface area (Å²) in [7, 11) is 1.60. The Morgan fingerprint density at radius 2 is 1.75 bits per heavy atom. The molecule has 0 saturated carbocycles. The molecule has 2 rings (SSSR count). The molecule has 0 aromatic heterocycles. The number of benzene rings is 2. The van der Waals surface area contributed by atoms with Gasteiger partial charge in [-0.25, -0.2) is 0 Å². The van der Waals surface area contributed by atoms with Crippen molar-refractivity contribution in [3.63, 3.8) is 0 Å². The van der Waals surface area contributed by atoms with Crippen LogP contribution in [-0.2, 0) is 16.1 Å².